The van der Waals surface area contributed by atoms with E-state index in [0.29, 0.717) is 11.0 Å². The molecular formula is C19H18N6O5S. The Morgan fingerprint density at radius 1 is 1.19 bits per heavy atom. The average molecular weight is 442 g/mol. The summed E-state index contributed by atoms with van der Waals surface area (Å²) < 4.78 is 32.3. The predicted molar refractivity (Wildman–Crippen MR) is 112 cm³/mol. The van der Waals surface area contributed by atoms with Crippen molar-refractivity contribution in [2.45, 2.75) is 4.90 Å². The number of nitrogens with one attached hydrogen (secondary N) is 3. The molecule has 4 aromatic rings. The molecule has 160 valence electrons. The van der Waals surface area contributed by atoms with Crippen LogP contribution in [-0.2, 0) is 10.1 Å². The van der Waals surface area contributed by atoms with Crippen molar-refractivity contribution in [2.75, 3.05) is 18.5 Å². The second kappa shape index (κ2) is 8.45. The molecule has 0 radical (unpaired) electrons. The quantitative estimate of drug-likeness (QED) is 0.318. The molecular weight excluding hydrogens is 424 g/mol. The van der Waals surface area contributed by atoms with Crippen LogP contribution in [0.15, 0.2) is 66.1 Å². The van der Waals surface area contributed by atoms with Crippen molar-refractivity contribution in [1.29, 1.82) is 0 Å². The third-order valence-corrected chi connectivity index (χ3v) is 5.48. The fraction of sp³-hybridized carbons (Fsp3) is 0.105. The molecule has 0 bridgehead atoms. The third-order valence-electron chi connectivity index (χ3n) is 4.22. The van der Waals surface area contributed by atoms with Crippen LogP contribution in [0.1, 0.15) is 0 Å². The van der Waals surface area contributed by atoms with Gasteiger partial charge in [-0.25, -0.2) is 14.8 Å². The minimum atomic E-state index is -4.06. The summed E-state index contributed by atoms with van der Waals surface area (Å²) in [7, 11) is -4.06. The van der Waals surface area contributed by atoms with Gasteiger partial charge in [-0.3, -0.25) is 5.32 Å². The van der Waals surface area contributed by atoms with Gasteiger partial charge in [-0.15, -0.1) is 0 Å². The molecule has 0 atom stereocenters. The number of aromatic amines is 1. The first-order valence-corrected chi connectivity index (χ1v) is 10.5. The number of anilines is 1. The number of carbonyl (C=O) groups is 1. The number of hydrogen-bond donors (Lipinski definition) is 4. The minimum Gasteiger partial charge on any atom is -0.395 e. The Hall–Kier alpha value is -3.90. The molecule has 31 heavy (non-hydrogen) atoms. The lowest BCUT2D eigenvalue weighted by atomic mass is 10.3. The van der Waals surface area contributed by atoms with Crippen molar-refractivity contribution < 1.29 is 22.5 Å². The Morgan fingerprint density at radius 3 is 2.71 bits per heavy atom. The van der Waals surface area contributed by atoms with Crippen LogP contribution in [-0.4, -0.2) is 52.2 Å². The average Bonchev–Trinajstić information content (AvgIpc) is 3.41. The number of amides is 2. The molecule has 0 aliphatic rings. The van der Waals surface area contributed by atoms with Crippen molar-refractivity contribution in [3.05, 3.63) is 61.2 Å². The fourth-order valence-corrected chi connectivity index (χ4v) is 3.71. The Bertz CT molecular complexity index is 1300. The van der Waals surface area contributed by atoms with E-state index in [1.54, 1.807) is 41.5 Å². The topological polar surface area (TPSA) is 151 Å². The molecule has 2 aromatic heterocycles. The molecule has 2 aromatic carbocycles. The molecule has 4 rings (SSSR count). The van der Waals surface area contributed by atoms with Gasteiger partial charge in [-0.2, -0.15) is 8.42 Å². The highest BCUT2D eigenvalue weighted by Gasteiger charge is 2.18. The highest BCUT2D eigenvalue weighted by atomic mass is 32.2. The summed E-state index contributed by atoms with van der Waals surface area (Å²) in [5, 5.41) is 13.6. The van der Waals surface area contributed by atoms with Crippen LogP contribution >= 0.6 is 0 Å². The van der Waals surface area contributed by atoms with Crippen molar-refractivity contribution >= 4 is 33.1 Å². The maximum atomic E-state index is 12.6. The number of hydrogen-bond acceptors (Lipinski definition) is 7. The summed E-state index contributed by atoms with van der Waals surface area (Å²) >= 11 is 0. The van der Waals surface area contributed by atoms with Gasteiger partial charge in [0.05, 0.1) is 24.0 Å². The second-order valence-electron chi connectivity index (χ2n) is 6.37. The van der Waals surface area contributed by atoms with Gasteiger partial charge in [0.1, 0.15) is 10.6 Å². The zero-order chi connectivity index (χ0) is 21.8. The van der Waals surface area contributed by atoms with Crippen LogP contribution in [0.2, 0.25) is 0 Å². The lowest BCUT2D eigenvalue weighted by Crippen LogP contribution is -2.31. The summed E-state index contributed by atoms with van der Waals surface area (Å²) in [5.41, 5.74) is 1.74. The van der Waals surface area contributed by atoms with Crippen LogP contribution in [0.5, 0.6) is 5.75 Å². The molecule has 12 heteroatoms. The fourth-order valence-electron chi connectivity index (χ4n) is 2.79. The highest BCUT2D eigenvalue weighted by molar-refractivity contribution is 7.87. The number of aromatic nitrogens is 4. The van der Waals surface area contributed by atoms with E-state index >= 15 is 0 Å². The normalized spacial score (nSPS) is 11.4. The number of fused-ring (bicyclic) bond motifs is 1. The highest BCUT2D eigenvalue weighted by Crippen LogP contribution is 2.24. The smallest absolute Gasteiger partial charge is 0.339 e. The number of nitrogens with zero attached hydrogens (tertiary/aromatic N) is 3. The molecule has 4 N–H and O–H groups in total. The van der Waals surface area contributed by atoms with E-state index in [4.69, 9.17) is 9.29 Å². The van der Waals surface area contributed by atoms with E-state index in [9.17, 15) is 13.2 Å². The van der Waals surface area contributed by atoms with Gasteiger partial charge in [-0.1, -0.05) is 0 Å². The number of H-pyrrole nitrogens is 1. The van der Waals surface area contributed by atoms with Gasteiger partial charge in [0.15, 0.2) is 0 Å². The van der Waals surface area contributed by atoms with Gasteiger partial charge in [-0.05, 0) is 36.4 Å². The summed E-state index contributed by atoms with van der Waals surface area (Å²) in [4.78, 5) is 22.7. The van der Waals surface area contributed by atoms with Gasteiger partial charge < -0.3 is 24.2 Å². The standard InChI is InChI=1S/C19H18N6O5S/c26-10-8-21-19(27)24-18-22-16-6-3-14(11-17(16)23-18)30-31(28,29)15-4-1-13(2-5-15)25-9-7-20-12-25/h1-7,9,11-12,26H,8,10H2,(H3,21,22,23,24,27). The van der Waals surface area contributed by atoms with E-state index in [0.717, 1.165) is 5.69 Å². The molecule has 0 unspecified atom stereocenters. The van der Waals surface area contributed by atoms with Gasteiger partial charge >= 0.3 is 16.1 Å². The molecule has 0 aliphatic carbocycles. The lowest BCUT2D eigenvalue weighted by Gasteiger charge is -2.08. The van der Waals surface area contributed by atoms with Crippen molar-refractivity contribution in [2.24, 2.45) is 0 Å². The van der Waals surface area contributed by atoms with Crippen molar-refractivity contribution in [3.63, 3.8) is 0 Å². The van der Waals surface area contributed by atoms with Crippen molar-refractivity contribution in [3.8, 4) is 11.4 Å². The Morgan fingerprint density at radius 2 is 2.00 bits per heavy atom. The number of rotatable bonds is 7. The Balaban J connectivity index is 1.50. The summed E-state index contributed by atoms with van der Waals surface area (Å²) in [5.74, 6) is 0.245. The zero-order valence-electron chi connectivity index (χ0n) is 16.0. The van der Waals surface area contributed by atoms with Gasteiger partial charge in [0.25, 0.3) is 0 Å². The van der Waals surface area contributed by atoms with Crippen LogP contribution in [0, 0.1) is 0 Å². The van der Waals surface area contributed by atoms with Crippen molar-refractivity contribution in [1.82, 2.24) is 24.8 Å². The minimum absolute atomic E-state index is 0.00130. The summed E-state index contributed by atoms with van der Waals surface area (Å²) in [6.07, 6.45) is 4.98. The Labute approximate surface area is 176 Å². The lowest BCUT2D eigenvalue weighted by molar-refractivity contribution is 0.244. The van der Waals surface area contributed by atoms with Crippen LogP contribution in [0.25, 0.3) is 16.7 Å². The van der Waals surface area contributed by atoms with Gasteiger partial charge in [0, 0.05) is 30.7 Å². The molecule has 2 amide bonds. The van der Waals surface area contributed by atoms with E-state index in [1.807, 2.05) is 0 Å². The largest absolute Gasteiger partial charge is 0.395 e. The second-order valence-corrected chi connectivity index (χ2v) is 7.92. The SMILES string of the molecule is O=C(NCCO)Nc1nc2cc(OS(=O)(=O)c3ccc(-n4ccnc4)cc3)ccc2[nH]1. The number of urea groups is 1. The predicted octanol–water partition coefficient (Wildman–Crippen LogP) is 1.63. The first-order chi connectivity index (χ1) is 14.9. The molecule has 0 saturated heterocycles. The first kappa shape index (κ1) is 20.4. The number of aliphatic hydroxyl groups excluding tert-OH is 1. The van der Waals surface area contributed by atoms with Crippen LogP contribution < -0.4 is 14.8 Å². The zero-order valence-corrected chi connectivity index (χ0v) is 16.8. The van der Waals surface area contributed by atoms with E-state index in [2.05, 4.69) is 25.6 Å². The maximum absolute atomic E-state index is 12.6. The molecule has 0 fully saturated rings. The maximum Gasteiger partial charge on any atom is 0.339 e. The van der Waals surface area contributed by atoms with Gasteiger partial charge in [0.2, 0.25) is 5.95 Å². The molecule has 11 nitrogen and oxygen atoms in total. The molecule has 0 spiro atoms. The van der Waals surface area contributed by atoms with Crippen LogP contribution in [0.3, 0.4) is 0 Å². The summed E-state index contributed by atoms with van der Waals surface area (Å²) in [6, 6.07) is 10.2. The number of aliphatic hydroxyl groups is 1. The number of imidazole rings is 2. The van der Waals surface area contributed by atoms with E-state index in [-0.39, 0.29) is 29.7 Å². The number of carbonyl (C=O) groups excluding carboxylic acids is 1. The van der Waals surface area contributed by atoms with E-state index in [1.165, 1.54) is 24.3 Å². The number of benzene rings is 2. The Kier molecular flexibility index (Phi) is 5.56. The third kappa shape index (κ3) is 4.65. The monoisotopic (exact) mass is 442 g/mol. The molecule has 2 heterocycles. The summed E-state index contributed by atoms with van der Waals surface area (Å²) in [6.45, 7) is -0.0831. The van der Waals surface area contributed by atoms with E-state index < -0.39 is 16.1 Å². The van der Waals surface area contributed by atoms with Crippen LogP contribution in [0.4, 0.5) is 10.7 Å². The molecule has 0 saturated carbocycles. The first-order valence-electron chi connectivity index (χ1n) is 9.13. The molecule has 0 aliphatic heterocycles.